The molecule has 1 amide bonds. The van der Waals surface area contributed by atoms with Crippen LogP contribution in [0.15, 0.2) is 30.3 Å². The van der Waals surface area contributed by atoms with Gasteiger partial charge in [-0.25, -0.2) is 0 Å². The first-order valence-electron chi connectivity index (χ1n) is 7.66. The summed E-state index contributed by atoms with van der Waals surface area (Å²) < 4.78 is 4.80. The zero-order chi connectivity index (χ0) is 16.2. The summed E-state index contributed by atoms with van der Waals surface area (Å²) in [5.74, 6) is -0.635. The van der Waals surface area contributed by atoms with Gasteiger partial charge >= 0.3 is 5.97 Å². The lowest BCUT2D eigenvalue weighted by Gasteiger charge is -2.24. The molecule has 0 saturated carbocycles. The van der Waals surface area contributed by atoms with Crippen molar-refractivity contribution < 1.29 is 14.3 Å². The van der Waals surface area contributed by atoms with Gasteiger partial charge in [0, 0.05) is 19.1 Å². The molecular formula is C17H25ClN2O3. The fraction of sp³-hybridized carbons (Fsp3) is 0.529. The molecule has 0 unspecified atom stereocenters. The van der Waals surface area contributed by atoms with Crippen LogP contribution in [0.3, 0.4) is 0 Å². The number of carbonyl (C=O) groups is 2. The summed E-state index contributed by atoms with van der Waals surface area (Å²) in [5.41, 5.74) is 5.94. The third-order valence-electron chi connectivity index (χ3n) is 4.43. The van der Waals surface area contributed by atoms with Crippen molar-refractivity contribution in [2.75, 3.05) is 20.2 Å². The Morgan fingerprint density at radius 1 is 1.39 bits per heavy atom. The average Bonchev–Trinajstić information content (AvgIpc) is 2.80. The lowest BCUT2D eigenvalue weighted by Crippen LogP contribution is -2.42. The lowest BCUT2D eigenvalue weighted by molar-refractivity contribution is -0.157. The van der Waals surface area contributed by atoms with Crippen LogP contribution in [0, 0.1) is 5.41 Å². The third kappa shape index (κ3) is 4.03. The summed E-state index contributed by atoms with van der Waals surface area (Å²) in [6.07, 6.45) is 2.18. The molecular weight excluding hydrogens is 316 g/mol. The number of halogens is 1. The highest BCUT2D eigenvalue weighted by molar-refractivity contribution is 6.04. The van der Waals surface area contributed by atoms with E-state index in [1.54, 1.807) is 11.8 Å². The Labute approximate surface area is 143 Å². The van der Waals surface area contributed by atoms with E-state index < -0.39 is 11.4 Å². The summed E-state index contributed by atoms with van der Waals surface area (Å²) in [6.45, 7) is 2.63. The van der Waals surface area contributed by atoms with Crippen molar-refractivity contribution in [1.82, 2.24) is 4.90 Å². The van der Waals surface area contributed by atoms with Gasteiger partial charge in [-0.3, -0.25) is 9.59 Å². The van der Waals surface area contributed by atoms with Crippen LogP contribution in [0.4, 0.5) is 0 Å². The molecule has 23 heavy (non-hydrogen) atoms. The first-order valence-corrected chi connectivity index (χ1v) is 7.66. The monoisotopic (exact) mass is 340 g/mol. The number of rotatable bonds is 6. The maximum Gasteiger partial charge on any atom is 0.321 e. The summed E-state index contributed by atoms with van der Waals surface area (Å²) in [6, 6.07) is 10.1. The maximum atomic E-state index is 12.6. The number of esters is 1. The number of likely N-dealkylation sites (tertiary alicyclic amines) is 1. The number of amides is 1. The predicted molar refractivity (Wildman–Crippen MR) is 91.3 cm³/mol. The summed E-state index contributed by atoms with van der Waals surface area (Å²) in [5, 5.41) is 0. The van der Waals surface area contributed by atoms with Crippen molar-refractivity contribution in [3.8, 4) is 0 Å². The fourth-order valence-electron chi connectivity index (χ4n) is 3.14. The number of aryl methyl sites for hydroxylation is 1. The molecule has 1 fully saturated rings. The third-order valence-corrected chi connectivity index (χ3v) is 4.43. The highest BCUT2D eigenvalue weighted by atomic mass is 35.5. The standard InChI is InChI=1S/C17H24N2O3.ClH/c1-17(16(21)22-2)11-14(12-18)19(15(17)20)10-6-9-13-7-4-3-5-8-13;/h3-5,7-8,14H,6,9-12,18H2,1-2H3;1H/t14-,17-;/m0./s1. The maximum absolute atomic E-state index is 12.6. The normalized spacial score (nSPS) is 23.5. The van der Waals surface area contributed by atoms with Gasteiger partial charge in [0.05, 0.1) is 7.11 Å². The summed E-state index contributed by atoms with van der Waals surface area (Å²) in [7, 11) is 1.32. The Morgan fingerprint density at radius 2 is 2.04 bits per heavy atom. The molecule has 0 aliphatic carbocycles. The molecule has 0 radical (unpaired) electrons. The topological polar surface area (TPSA) is 72.6 Å². The van der Waals surface area contributed by atoms with Gasteiger partial charge in [0.15, 0.2) is 0 Å². The van der Waals surface area contributed by atoms with E-state index in [4.69, 9.17) is 10.5 Å². The Kier molecular flexibility index (Phi) is 7.03. The van der Waals surface area contributed by atoms with Crippen molar-refractivity contribution in [3.63, 3.8) is 0 Å². The Morgan fingerprint density at radius 3 is 2.61 bits per heavy atom. The molecule has 1 aliphatic heterocycles. The van der Waals surface area contributed by atoms with E-state index in [1.807, 2.05) is 18.2 Å². The molecule has 0 bridgehead atoms. The second-order valence-electron chi connectivity index (χ2n) is 6.01. The molecule has 0 aromatic heterocycles. The largest absolute Gasteiger partial charge is 0.468 e. The van der Waals surface area contributed by atoms with E-state index in [1.165, 1.54) is 12.7 Å². The van der Waals surface area contributed by atoms with Gasteiger partial charge in [-0.2, -0.15) is 0 Å². The van der Waals surface area contributed by atoms with Crippen molar-refractivity contribution in [2.24, 2.45) is 11.1 Å². The highest BCUT2D eigenvalue weighted by Crippen LogP contribution is 2.36. The molecule has 0 spiro atoms. The highest BCUT2D eigenvalue weighted by Gasteiger charge is 2.53. The average molecular weight is 341 g/mol. The van der Waals surface area contributed by atoms with Crippen LogP contribution >= 0.6 is 12.4 Å². The van der Waals surface area contributed by atoms with E-state index in [0.29, 0.717) is 19.5 Å². The van der Waals surface area contributed by atoms with Crippen LogP contribution < -0.4 is 5.73 Å². The minimum atomic E-state index is -1.09. The number of benzene rings is 1. The molecule has 5 nitrogen and oxygen atoms in total. The zero-order valence-corrected chi connectivity index (χ0v) is 14.5. The number of hydrogen-bond donors (Lipinski definition) is 1. The van der Waals surface area contributed by atoms with E-state index in [9.17, 15) is 9.59 Å². The van der Waals surface area contributed by atoms with Gasteiger partial charge in [0.1, 0.15) is 5.41 Å². The number of nitrogens with zero attached hydrogens (tertiary/aromatic N) is 1. The number of carbonyl (C=O) groups excluding carboxylic acids is 2. The van der Waals surface area contributed by atoms with E-state index >= 15 is 0 Å². The molecule has 1 aliphatic rings. The molecule has 2 rings (SSSR count). The first-order chi connectivity index (χ1) is 10.5. The van der Waals surface area contributed by atoms with E-state index in [2.05, 4.69) is 12.1 Å². The number of hydrogen-bond acceptors (Lipinski definition) is 4. The van der Waals surface area contributed by atoms with Gasteiger partial charge in [-0.05, 0) is 31.7 Å². The Hall–Kier alpha value is -1.59. The van der Waals surface area contributed by atoms with Gasteiger partial charge in [-0.15, -0.1) is 12.4 Å². The van der Waals surface area contributed by atoms with E-state index in [0.717, 1.165) is 12.8 Å². The minimum absolute atomic E-state index is 0. The number of nitrogens with two attached hydrogens (primary N) is 1. The van der Waals surface area contributed by atoms with Crippen LogP contribution in [0.1, 0.15) is 25.3 Å². The number of ether oxygens (including phenoxy) is 1. The Balaban J connectivity index is 0.00000264. The van der Waals surface area contributed by atoms with Gasteiger partial charge in [0.25, 0.3) is 0 Å². The number of methoxy groups -OCH3 is 1. The molecule has 128 valence electrons. The van der Waals surface area contributed by atoms with Gasteiger partial charge in [-0.1, -0.05) is 30.3 Å². The second kappa shape index (κ2) is 8.31. The van der Waals surface area contributed by atoms with Crippen molar-refractivity contribution >= 4 is 24.3 Å². The van der Waals surface area contributed by atoms with Crippen molar-refractivity contribution in [2.45, 2.75) is 32.2 Å². The van der Waals surface area contributed by atoms with Crippen LogP contribution in [0.5, 0.6) is 0 Å². The predicted octanol–water partition coefficient (Wildman–Crippen LogP) is 1.78. The van der Waals surface area contributed by atoms with Crippen molar-refractivity contribution in [1.29, 1.82) is 0 Å². The molecule has 1 aromatic carbocycles. The smallest absolute Gasteiger partial charge is 0.321 e. The SMILES string of the molecule is COC(=O)[C@@]1(C)C[C@@H](CN)N(CCCc2ccccc2)C1=O.Cl. The van der Waals surface area contributed by atoms with Crippen molar-refractivity contribution in [3.05, 3.63) is 35.9 Å². The Bertz CT molecular complexity index is 538. The first kappa shape index (κ1) is 19.5. The van der Waals surface area contributed by atoms with Crippen LogP contribution in [-0.2, 0) is 20.7 Å². The van der Waals surface area contributed by atoms with E-state index in [-0.39, 0.29) is 24.4 Å². The lowest BCUT2D eigenvalue weighted by atomic mass is 9.87. The molecule has 6 heteroatoms. The minimum Gasteiger partial charge on any atom is -0.468 e. The second-order valence-corrected chi connectivity index (χ2v) is 6.01. The van der Waals surface area contributed by atoms with Gasteiger partial charge in [0.2, 0.25) is 5.91 Å². The molecule has 1 aromatic rings. The van der Waals surface area contributed by atoms with Gasteiger partial charge < -0.3 is 15.4 Å². The van der Waals surface area contributed by atoms with Crippen LogP contribution in [-0.4, -0.2) is 43.0 Å². The molecule has 2 N–H and O–H groups in total. The molecule has 1 saturated heterocycles. The summed E-state index contributed by atoms with van der Waals surface area (Å²) in [4.78, 5) is 26.3. The molecule has 2 atom stereocenters. The quantitative estimate of drug-likeness (QED) is 0.633. The zero-order valence-electron chi connectivity index (χ0n) is 13.7. The van der Waals surface area contributed by atoms with Crippen LogP contribution in [0.25, 0.3) is 0 Å². The molecule has 1 heterocycles. The van der Waals surface area contributed by atoms with Crippen LogP contribution in [0.2, 0.25) is 0 Å². The summed E-state index contributed by atoms with van der Waals surface area (Å²) >= 11 is 0. The fourth-order valence-corrected chi connectivity index (χ4v) is 3.14.